The largest absolute Gasteiger partial charge is 0.497 e. The van der Waals surface area contributed by atoms with Gasteiger partial charge in [-0.05, 0) is 91.0 Å². The van der Waals surface area contributed by atoms with E-state index in [9.17, 15) is 0 Å². The van der Waals surface area contributed by atoms with E-state index in [-0.39, 0.29) is 0 Å². The molecule has 0 atom stereocenters. The van der Waals surface area contributed by atoms with Crippen LogP contribution in [-0.4, -0.2) is 47.1 Å². The highest BCUT2D eigenvalue weighted by atomic mass is 16.5. The fourth-order valence-electron chi connectivity index (χ4n) is 15.0. The average molecular weight is 1200 g/mol. The molecule has 0 bridgehead atoms. The first kappa shape index (κ1) is 52.4. The zero-order valence-electron chi connectivity index (χ0n) is 50.7. The lowest BCUT2D eigenvalue weighted by Crippen LogP contribution is -2.51. The van der Waals surface area contributed by atoms with Gasteiger partial charge in [-0.15, -0.1) is 4.68 Å². The molecule has 0 spiro atoms. The Bertz CT molecular complexity index is 5700. The molecule has 0 fully saturated rings. The Hall–Kier alpha value is -12.5. The number of rotatable bonds is 10. The van der Waals surface area contributed by atoms with Crippen molar-refractivity contribution in [1.29, 1.82) is 0 Å². The van der Waals surface area contributed by atoms with E-state index in [0.717, 1.165) is 172 Å². The predicted molar refractivity (Wildman–Crippen MR) is 379 cm³/mol. The summed E-state index contributed by atoms with van der Waals surface area (Å²) in [7, 11) is 3.48. The smallest absolute Gasteiger partial charge is 0.282 e. The molecule has 438 valence electrons. The van der Waals surface area contributed by atoms with Crippen molar-refractivity contribution < 1.29 is 14.1 Å². The summed E-state index contributed by atoms with van der Waals surface area (Å²) in [5, 5.41) is 10.8. The molecule has 0 N–H and O–H groups in total. The van der Waals surface area contributed by atoms with Crippen LogP contribution in [0.4, 0.5) is 0 Å². The first-order valence-electron chi connectivity index (χ1n) is 31.4. The minimum atomic E-state index is 0.525. The lowest BCUT2D eigenvalue weighted by atomic mass is 10.0. The number of methoxy groups -OCH3 is 2. The van der Waals surface area contributed by atoms with Crippen LogP contribution in [0.3, 0.4) is 0 Å². The molecule has 0 aliphatic carbocycles. The van der Waals surface area contributed by atoms with Gasteiger partial charge in [0.2, 0.25) is 0 Å². The van der Waals surface area contributed by atoms with Crippen LogP contribution >= 0.6 is 0 Å². The van der Waals surface area contributed by atoms with E-state index in [2.05, 4.69) is 325 Å². The molecule has 7 aromatic heterocycles. The summed E-state index contributed by atoms with van der Waals surface area (Å²) in [6, 6.07) is 107. The van der Waals surface area contributed by atoms with Crippen LogP contribution in [0.25, 0.3) is 166 Å². The summed E-state index contributed by atoms with van der Waals surface area (Å²) in [6.07, 6.45) is 0. The van der Waals surface area contributed by atoms with Crippen molar-refractivity contribution in [3.05, 3.63) is 297 Å². The van der Waals surface area contributed by atoms with Crippen molar-refractivity contribution >= 4 is 109 Å². The second-order valence-corrected chi connectivity index (χ2v) is 23.8. The molecule has 0 saturated heterocycles. The molecule has 19 rings (SSSR count). The van der Waals surface area contributed by atoms with E-state index in [0.29, 0.717) is 5.82 Å². The molecule has 7 heterocycles. The van der Waals surface area contributed by atoms with Gasteiger partial charge in [0.1, 0.15) is 44.9 Å². The lowest BCUT2D eigenvalue weighted by molar-refractivity contribution is -0.708. The molecule has 0 radical (unpaired) electrons. The first-order valence-corrected chi connectivity index (χ1v) is 31.4. The van der Waals surface area contributed by atoms with Crippen molar-refractivity contribution in [2.24, 2.45) is 0 Å². The first-order chi connectivity index (χ1) is 46.1. The van der Waals surface area contributed by atoms with E-state index >= 15 is 0 Å². The number of benzene rings is 12. The van der Waals surface area contributed by atoms with Crippen molar-refractivity contribution in [1.82, 2.24) is 32.9 Å². The maximum Gasteiger partial charge on any atom is 0.282 e. The molecule has 0 aliphatic heterocycles. The number of nitrogens with zero attached hydrogens (tertiary/aromatic N) is 8. The third-order valence-electron chi connectivity index (χ3n) is 18.9. The van der Waals surface area contributed by atoms with Crippen LogP contribution in [-0.2, 0) is 0 Å². The quantitative estimate of drug-likeness (QED) is 0.128. The number of ether oxygens (including phenoxy) is 2. The van der Waals surface area contributed by atoms with Gasteiger partial charge in [0.15, 0.2) is 5.82 Å². The number of pyridine rings is 1. The van der Waals surface area contributed by atoms with Gasteiger partial charge < -0.3 is 18.6 Å². The molecule has 12 aromatic carbocycles. The van der Waals surface area contributed by atoms with E-state index in [4.69, 9.17) is 19.4 Å². The maximum atomic E-state index is 6.17. The van der Waals surface area contributed by atoms with Crippen LogP contribution in [0.1, 0.15) is 0 Å². The fourth-order valence-corrected chi connectivity index (χ4v) is 15.0. The number of hydrogen-bond donors (Lipinski definition) is 0. The minimum Gasteiger partial charge on any atom is -0.497 e. The monoisotopic (exact) mass is 1200 g/mol. The SMILES string of the molecule is COc1ccc2c(c1)c1cc(OC)ccc1n2-[n+]1c(-n2c3ccccc3c3ccccc32)c(-n2c3ccccc3c3ccccc32)c(-c2nc(-c3ccccc3)cc(-c3ccccc3)n2)c(-n2c3ccccc3c3ccccc32)c1-n1c2ccccc2c2ccccc21. The van der Waals surface area contributed by atoms with Crippen LogP contribution in [0.2, 0.25) is 0 Å². The summed E-state index contributed by atoms with van der Waals surface area (Å²) in [5.41, 5.74) is 15.8. The normalized spacial score (nSPS) is 12.0. The number of hydrogen-bond acceptors (Lipinski definition) is 4. The molecule has 93 heavy (non-hydrogen) atoms. The van der Waals surface area contributed by atoms with E-state index < -0.39 is 0 Å². The third-order valence-corrected chi connectivity index (χ3v) is 18.9. The Kier molecular flexibility index (Phi) is 11.6. The minimum absolute atomic E-state index is 0.525. The Morgan fingerprint density at radius 2 is 0.548 bits per heavy atom. The molecular formula is C83H55N8O2+. The van der Waals surface area contributed by atoms with Crippen molar-refractivity contribution in [2.45, 2.75) is 0 Å². The Morgan fingerprint density at radius 1 is 0.269 bits per heavy atom. The summed E-state index contributed by atoms with van der Waals surface area (Å²) in [5.74, 6) is 3.62. The van der Waals surface area contributed by atoms with Gasteiger partial charge in [0, 0.05) is 65.0 Å². The Morgan fingerprint density at radius 3 is 0.849 bits per heavy atom. The van der Waals surface area contributed by atoms with E-state index in [1.165, 1.54) is 0 Å². The molecule has 19 aromatic rings. The van der Waals surface area contributed by atoms with Crippen LogP contribution in [0.5, 0.6) is 11.5 Å². The number of fused-ring (bicyclic) bond motifs is 15. The highest BCUT2D eigenvalue weighted by Crippen LogP contribution is 2.49. The molecule has 10 nitrogen and oxygen atoms in total. The lowest BCUT2D eigenvalue weighted by Gasteiger charge is -2.28. The van der Waals surface area contributed by atoms with Gasteiger partial charge in [0.25, 0.3) is 11.6 Å². The zero-order valence-corrected chi connectivity index (χ0v) is 50.7. The molecule has 0 aliphatic rings. The van der Waals surface area contributed by atoms with Gasteiger partial charge in [-0.1, -0.05) is 206 Å². The van der Waals surface area contributed by atoms with Crippen LogP contribution < -0.4 is 14.1 Å². The third kappa shape index (κ3) is 7.66. The highest BCUT2D eigenvalue weighted by molar-refractivity contribution is 6.16. The van der Waals surface area contributed by atoms with Crippen molar-refractivity contribution in [3.63, 3.8) is 0 Å². The summed E-state index contributed by atoms with van der Waals surface area (Å²) in [6.45, 7) is 0. The van der Waals surface area contributed by atoms with Gasteiger partial charge >= 0.3 is 0 Å². The fraction of sp³-hybridized carbons (Fsp3) is 0.0241. The molecule has 0 unspecified atom stereocenters. The topological polar surface area (TPSA) is 72.8 Å². The van der Waals surface area contributed by atoms with E-state index in [1.54, 1.807) is 14.2 Å². The average Bonchev–Trinajstić information content (AvgIpc) is 1.61. The second-order valence-electron chi connectivity index (χ2n) is 23.8. The Balaban J connectivity index is 1.21. The Labute approximate surface area is 533 Å². The summed E-state index contributed by atoms with van der Waals surface area (Å²) >= 11 is 0. The van der Waals surface area contributed by atoms with Crippen molar-refractivity contribution in [2.75, 3.05) is 14.2 Å². The summed E-state index contributed by atoms with van der Waals surface area (Å²) in [4.78, 5) is 12.2. The maximum absolute atomic E-state index is 6.17. The number of para-hydroxylation sites is 8. The molecular weight excluding hydrogens is 1140 g/mol. The number of aromatic nitrogens is 8. The van der Waals surface area contributed by atoms with Crippen molar-refractivity contribution in [3.8, 4) is 68.4 Å². The summed E-state index contributed by atoms with van der Waals surface area (Å²) < 4.78 is 27.4. The zero-order chi connectivity index (χ0) is 61.4. The van der Waals surface area contributed by atoms with Gasteiger partial charge in [-0.25, -0.2) is 19.1 Å². The molecule has 0 saturated carbocycles. The second kappa shape index (κ2) is 20.5. The molecule has 0 amide bonds. The van der Waals surface area contributed by atoms with Gasteiger partial charge in [0.05, 0.1) is 64.3 Å². The van der Waals surface area contributed by atoms with Gasteiger partial charge in [-0.2, -0.15) is 4.68 Å². The predicted octanol–water partition coefficient (Wildman–Crippen LogP) is 19.6. The van der Waals surface area contributed by atoms with Crippen LogP contribution in [0, 0.1) is 0 Å². The highest BCUT2D eigenvalue weighted by Gasteiger charge is 2.42. The van der Waals surface area contributed by atoms with Crippen LogP contribution in [0.15, 0.2) is 297 Å². The standard InChI is InChI=1S/C83H55N8O2/c1-92-54-45-47-76-64(49-54)65-50-55(93-2)46-48-77(65)90(76)91-82(88-72-41-21-13-33-60(72)61-34-14-22-42-73(61)88)79(86-68-37-17-9-29-56(68)57-30-10-18-38-69(57)86)78(81-84-66(52-25-5-3-6-26-52)51-67(85-81)53-27-7-4-8-28-53)80(87-70-39-19-11-31-58(70)59-32-12-20-40-71(59)87)83(91)89-74-43-23-15-35-62(74)63-36-16-24-44-75(63)89/h3-51H,1-2H3/q+1. The van der Waals surface area contributed by atoms with E-state index in [1.807, 2.05) is 0 Å². The molecule has 10 heteroatoms. The van der Waals surface area contributed by atoms with Gasteiger partial charge in [-0.3, -0.25) is 0 Å².